The lowest BCUT2D eigenvalue weighted by molar-refractivity contribution is -0.137. The Bertz CT molecular complexity index is 253. The molecule has 0 radical (unpaired) electrons. The molecule has 0 bridgehead atoms. The summed E-state index contributed by atoms with van der Waals surface area (Å²) < 4.78 is 2.20. The van der Waals surface area contributed by atoms with Gasteiger partial charge in [-0.1, -0.05) is 54.3 Å². The maximum Gasteiger partial charge on any atom is 0.304 e. The third-order valence-electron chi connectivity index (χ3n) is 4.19. The van der Waals surface area contributed by atoms with Gasteiger partial charge in [-0.3, -0.25) is 9.46 Å². The van der Waals surface area contributed by atoms with Crippen LogP contribution >= 0.6 is 9.39 Å². The van der Waals surface area contributed by atoms with E-state index in [0.29, 0.717) is 6.54 Å². The van der Waals surface area contributed by atoms with Crippen LogP contribution in [0.15, 0.2) is 0 Å². The molecule has 1 N–H and O–H groups in total. The topological polar surface area (TPSA) is 40.5 Å². The SMILES string of the molecule is BC1(N(P)CCC(=O)O)CCCCCCCCC1. The zero-order valence-electron chi connectivity index (χ0n) is 11.7. The highest BCUT2D eigenvalue weighted by Crippen LogP contribution is 2.30. The van der Waals surface area contributed by atoms with Crippen LogP contribution in [-0.4, -0.2) is 35.6 Å². The molecule has 1 atom stereocenters. The van der Waals surface area contributed by atoms with Gasteiger partial charge in [-0.25, -0.2) is 0 Å². The van der Waals surface area contributed by atoms with E-state index < -0.39 is 5.97 Å². The lowest BCUT2D eigenvalue weighted by atomic mass is 9.69. The average molecular weight is 271 g/mol. The van der Waals surface area contributed by atoms with E-state index in [2.05, 4.69) is 21.9 Å². The molecule has 1 aliphatic rings. The van der Waals surface area contributed by atoms with Crippen molar-refractivity contribution >= 4 is 23.2 Å². The molecule has 3 nitrogen and oxygen atoms in total. The smallest absolute Gasteiger partial charge is 0.304 e. The lowest BCUT2D eigenvalue weighted by Crippen LogP contribution is -2.44. The first-order valence-electron chi connectivity index (χ1n) is 7.29. The van der Waals surface area contributed by atoms with Gasteiger partial charge in [-0.2, -0.15) is 0 Å². The van der Waals surface area contributed by atoms with Gasteiger partial charge in [0, 0.05) is 6.54 Å². The van der Waals surface area contributed by atoms with Crippen LogP contribution < -0.4 is 0 Å². The Morgan fingerprint density at radius 1 is 1.11 bits per heavy atom. The first-order chi connectivity index (χ1) is 8.54. The number of rotatable bonds is 4. The van der Waals surface area contributed by atoms with Gasteiger partial charge in [0.2, 0.25) is 0 Å². The van der Waals surface area contributed by atoms with Crippen LogP contribution in [-0.2, 0) is 4.79 Å². The van der Waals surface area contributed by atoms with E-state index in [1.165, 1.54) is 57.8 Å². The number of nitrogens with zero attached hydrogens (tertiary/aromatic N) is 1. The molecule has 1 fully saturated rings. The van der Waals surface area contributed by atoms with Crippen LogP contribution in [0.1, 0.15) is 64.2 Å². The molecule has 0 aromatic carbocycles. The van der Waals surface area contributed by atoms with Crippen molar-refractivity contribution in [2.24, 2.45) is 0 Å². The van der Waals surface area contributed by atoms with E-state index in [1.54, 1.807) is 0 Å². The van der Waals surface area contributed by atoms with Gasteiger partial charge in [0.1, 0.15) is 7.85 Å². The Morgan fingerprint density at radius 3 is 2.00 bits per heavy atom. The number of carboxylic acid groups (broad SMARTS) is 1. The molecule has 1 aliphatic carbocycles. The molecule has 0 spiro atoms. The minimum absolute atomic E-state index is 0.164. The summed E-state index contributed by atoms with van der Waals surface area (Å²) in [5.74, 6) is -0.703. The zero-order valence-corrected chi connectivity index (χ0v) is 12.8. The fourth-order valence-electron chi connectivity index (χ4n) is 2.79. The molecule has 0 saturated heterocycles. The second-order valence-corrected chi connectivity index (χ2v) is 6.43. The summed E-state index contributed by atoms with van der Waals surface area (Å²) in [4.78, 5) is 10.7. The summed E-state index contributed by atoms with van der Waals surface area (Å²) >= 11 is 0. The van der Waals surface area contributed by atoms with Crippen molar-refractivity contribution in [3.63, 3.8) is 0 Å². The summed E-state index contributed by atoms with van der Waals surface area (Å²) in [7, 11) is 5.06. The largest absolute Gasteiger partial charge is 0.481 e. The van der Waals surface area contributed by atoms with Gasteiger partial charge < -0.3 is 5.11 Å². The van der Waals surface area contributed by atoms with Crippen molar-refractivity contribution in [3.05, 3.63) is 0 Å². The Balaban J connectivity index is 2.50. The van der Waals surface area contributed by atoms with Crippen molar-refractivity contribution in [2.75, 3.05) is 6.54 Å². The van der Waals surface area contributed by atoms with Crippen LogP contribution in [0.4, 0.5) is 0 Å². The molecule has 0 aromatic rings. The normalized spacial score (nSPS) is 21.7. The van der Waals surface area contributed by atoms with Crippen LogP contribution in [0.25, 0.3) is 0 Å². The zero-order chi connectivity index (χ0) is 13.4. The standard InChI is InChI=1S/C13H27BNO2P/c14-13(15(18)11-8-12(16)17)9-6-4-2-1-3-5-7-10-13/h1-11,14,18H2,(H,16,17). The molecule has 0 aromatic heterocycles. The number of carboxylic acids is 1. The molecule has 0 aliphatic heterocycles. The quantitative estimate of drug-likeness (QED) is 0.630. The van der Waals surface area contributed by atoms with Gasteiger partial charge in [0.15, 0.2) is 0 Å². The molecular formula is C13H27BNO2P. The average Bonchev–Trinajstić information content (AvgIpc) is 2.34. The summed E-state index contributed by atoms with van der Waals surface area (Å²) in [6.45, 7) is 0.635. The van der Waals surface area contributed by atoms with E-state index in [0.717, 1.165) is 0 Å². The highest BCUT2D eigenvalue weighted by molar-refractivity contribution is 7.13. The third-order valence-corrected chi connectivity index (χ3v) is 5.07. The molecule has 104 valence electrons. The third kappa shape index (κ3) is 5.71. The molecular weight excluding hydrogens is 244 g/mol. The molecule has 5 heteroatoms. The summed E-state index contributed by atoms with van der Waals surface area (Å²) in [5, 5.41) is 8.79. The van der Waals surface area contributed by atoms with Crippen molar-refractivity contribution in [3.8, 4) is 0 Å². The van der Waals surface area contributed by atoms with Gasteiger partial charge in [-0.15, -0.1) is 0 Å². The van der Waals surface area contributed by atoms with Crippen LogP contribution in [0.5, 0.6) is 0 Å². The number of hydrogen-bond acceptors (Lipinski definition) is 2. The van der Waals surface area contributed by atoms with Gasteiger partial charge in [-0.05, 0) is 18.3 Å². The van der Waals surface area contributed by atoms with Gasteiger partial charge in [0.05, 0.1) is 6.42 Å². The van der Waals surface area contributed by atoms with Crippen molar-refractivity contribution in [1.29, 1.82) is 0 Å². The van der Waals surface area contributed by atoms with E-state index in [4.69, 9.17) is 5.11 Å². The number of aliphatic carboxylic acids is 1. The fourth-order valence-corrected chi connectivity index (χ4v) is 3.18. The molecule has 1 saturated carbocycles. The maximum absolute atomic E-state index is 10.7. The second kappa shape index (κ2) is 8.17. The van der Waals surface area contributed by atoms with Gasteiger partial charge in [0.25, 0.3) is 0 Å². The second-order valence-electron chi connectivity index (χ2n) is 5.81. The first-order valence-corrected chi connectivity index (χ1v) is 7.80. The van der Waals surface area contributed by atoms with Crippen LogP contribution in [0.3, 0.4) is 0 Å². The Morgan fingerprint density at radius 2 is 1.56 bits per heavy atom. The van der Waals surface area contributed by atoms with Crippen molar-refractivity contribution in [2.45, 2.75) is 69.6 Å². The predicted octanol–water partition coefficient (Wildman–Crippen LogP) is 2.41. The molecule has 1 rings (SSSR count). The van der Waals surface area contributed by atoms with Crippen molar-refractivity contribution < 1.29 is 9.90 Å². The van der Waals surface area contributed by atoms with Crippen LogP contribution in [0.2, 0.25) is 0 Å². The summed E-state index contributed by atoms with van der Waals surface area (Å²) in [5.41, 5.74) is 0.164. The highest BCUT2D eigenvalue weighted by Gasteiger charge is 2.28. The van der Waals surface area contributed by atoms with E-state index in [1.807, 2.05) is 0 Å². The van der Waals surface area contributed by atoms with E-state index in [-0.39, 0.29) is 11.9 Å². The maximum atomic E-state index is 10.7. The van der Waals surface area contributed by atoms with E-state index >= 15 is 0 Å². The van der Waals surface area contributed by atoms with Crippen LogP contribution in [0, 0.1) is 0 Å². The number of carbonyl (C=O) groups is 1. The summed E-state index contributed by atoms with van der Waals surface area (Å²) in [6.07, 6.45) is 11.9. The number of hydrogen-bond donors (Lipinski definition) is 1. The minimum atomic E-state index is -0.703. The lowest BCUT2D eigenvalue weighted by Gasteiger charge is -2.39. The molecule has 18 heavy (non-hydrogen) atoms. The Hall–Kier alpha value is -0.0751. The molecule has 0 amide bonds. The Kier molecular flexibility index (Phi) is 7.25. The van der Waals surface area contributed by atoms with Crippen molar-refractivity contribution in [1.82, 2.24) is 4.67 Å². The summed E-state index contributed by atoms with van der Waals surface area (Å²) in [6, 6.07) is 0. The minimum Gasteiger partial charge on any atom is -0.481 e. The molecule has 1 unspecified atom stereocenters. The molecule has 0 heterocycles. The predicted molar refractivity (Wildman–Crippen MR) is 81.5 cm³/mol. The Labute approximate surface area is 114 Å². The van der Waals surface area contributed by atoms with E-state index in [9.17, 15) is 4.79 Å². The first kappa shape index (κ1) is 16.0. The fraction of sp³-hybridized carbons (Fsp3) is 0.923. The highest BCUT2D eigenvalue weighted by atomic mass is 31.0. The van der Waals surface area contributed by atoms with Gasteiger partial charge >= 0.3 is 5.97 Å². The monoisotopic (exact) mass is 271 g/mol.